The number of rotatable bonds is 6. The Morgan fingerprint density at radius 1 is 1.53 bits per heavy atom. The highest BCUT2D eigenvalue weighted by atomic mass is 35.5. The van der Waals surface area contributed by atoms with E-state index in [1.165, 1.54) is 0 Å². The molecule has 0 aliphatic heterocycles. The number of carbonyl (C=O) groups excluding carboxylic acids is 1. The van der Waals surface area contributed by atoms with Crippen LogP contribution in [-0.2, 0) is 11.3 Å². The molecule has 0 radical (unpaired) electrons. The van der Waals surface area contributed by atoms with Gasteiger partial charge in [0.05, 0.1) is 0 Å². The Kier molecular flexibility index (Phi) is 6.01. The maximum Gasteiger partial charge on any atom is 0.221 e. The van der Waals surface area contributed by atoms with E-state index in [0.717, 1.165) is 18.4 Å². The lowest BCUT2D eigenvalue weighted by molar-refractivity contribution is -0.121. The molecule has 1 aromatic carbocycles. The molecule has 1 amide bonds. The van der Waals surface area contributed by atoms with Crippen molar-refractivity contribution in [3.63, 3.8) is 0 Å². The highest BCUT2D eigenvalue weighted by molar-refractivity contribution is 6.30. The maximum atomic E-state index is 11.6. The van der Waals surface area contributed by atoms with Crippen molar-refractivity contribution in [1.82, 2.24) is 5.32 Å². The Morgan fingerprint density at radius 3 is 2.94 bits per heavy atom. The van der Waals surface area contributed by atoms with Gasteiger partial charge in [-0.2, -0.15) is 0 Å². The van der Waals surface area contributed by atoms with E-state index in [9.17, 15) is 4.79 Å². The molecule has 1 aromatic rings. The van der Waals surface area contributed by atoms with Gasteiger partial charge in [0, 0.05) is 24.0 Å². The minimum Gasteiger partial charge on any atom is -0.352 e. The lowest BCUT2D eigenvalue weighted by Gasteiger charge is -2.10. The molecule has 3 nitrogen and oxygen atoms in total. The highest BCUT2D eigenvalue weighted by Crippen LogP contribution is 2.10. The number of nitrogens with one attached hydrogen (secondary N) is 1. The van der Waals surface area contributed by atoms with Gasteiger partial charge in [0.15, 0.2) is 0 Å². The van der Waals surface area contributed by atoms with Gasteiger partial charge in [-0.1, -0.05) is 37.1 Å². The van der Waals surface area contributed by atoms with Crippen LogP contribution in [0, 0.1) is 0 Å². The summed E-state index contributed by atoms with van der Waals surface area (Å²) in [7, 11) is 0. The van der Waals surface area contributed by atoms with Crippen LogP contribution in [0.5, 0.6) is 0 Å². The highest BCUT2D eigenvalue weighted by Gasteiger charge is 2.08. The largest absolute Gasteiger partial charge is 0.352 e. The minimum absolute atomic E-state index is 0.00840. The molecule has 94 valence electrons. The smallest absolute Gasteiger partial charge is 0.221 e. The molecule has 0 heterocycles. The van der Waals surface area contributed by atoms with Gasteiger partial charge in [-0.15, -0.1) is 0 Å². The lowest BCUT2D eigenvalue weighted by atomic mass is 10.1. The fraction of sp³-hybridized carbons (Fsp3) is 0.462. The molecule has 4 heteroatoms. The van der Waals surface area contributed by atoms with E-state index in [1.807, 2.05) is 24.3 Å². The van der Waals surface area contributed by atoms with Crippen molar-refractivity contribution >= 4 is 17.5 Å². The quantitative estimate of drug-likeness (QED) is 0.820. The van der Waals surface area contributed by atoms with Crippen LogP contribution in [-0.4, -0.2) is 11.9 Å². The lowest BCUT2D eigenvalue weighted by Crippen LogP contribution is -2.31. The van der Waals surface area contributed by atoms with Crippen molar-refractivity contribution in [2.45, 2.75) is 38.8 Å². The summed E-state index contributed by atoms with van der Waals surface area (Å²) < 4.78 is 0. The van der Waals surface area contributed by atoms with E-state index in [4.69, 9.17) is 17.3 Å². The van der Waals surface area contributed by atoms with Crippen LogP contribution in [0.3, 0.4) is 0 Å². The molecular formula is C13H19ClN2O. The van der Waals surface area contributed by atoms with E-state index in [0.29, 0.717) is 18.0 Å². The average molecular weight is 255 g/mol. The topological polar surface area (TPSA) is 55.1 Å². The van der Waals surface area contributed by atoms with Crippen LogP contribution in [0.1, 0.15) is 31.7 Å². The molecule has 1 unspecified atom stereocenters. The average Bonchev–Trinajstić information content (AvgIpc) is 2.27. The van der Waals surface area contributed by atoms with Crippen LogP contribution in [0.4, 0.5) is 0 Å². The summed E-state index contributed by atoms with van der Waals surface area (Å²) in [6, 6.07) is 7.40. The third-order valence-electron chi connectivity index (χ3n) is 2.49. The van der Waals surface area contributed by atoms with Gasteiger partial charge in [0.1, 0.15) is 0 Å². The van der Waals surface area contributed by atoms with E-state index >= 15 is 0 Å². The predicted molar refractivity (Wildman–Crippen MR) is 70.8 cm³/mol. The second-order valence-corrected chi connectivity index (χ2v) is 4.60. The monoisotopic (exact) mass is 254 g/mol. The Hall–Kier alpha value is -1.06. The van der Waals surface area contributed by atoms with Crippen molar-refractivity contribution in [3.05, 3.63) is 34.9 Å². The van der Waals surface area contributed by atoms with Crippen LogP contribution in [0.25, 0.3) is 0 Å². The summed E-state index contributed by atoms with van der Waals surface area (Å²) in [4.78, 5) is 11.6. The Labute approximate surface area is 107 Å². The van der Waals surface area contributed by atoms with Crippen molar-refractivity contribution in [1.29, 1.82) is 0 Å². The van der Waals surface area contributed by atoms with Crippen LogP contribution >= 0.6 is 11.6 Å². The van der Waals surface area contributed by atoms with Crippen molar-refractivity contribution in [3.8, 4) is 0 Å². The summed E-state index contributed by atoms with van der Waals surface area (Å²) in [6.45, 7) is 2.56. The first kappa shape index (κ1) is 14.0. The number of halogens is 1. The third-order valence-corrected chi connectivity index (χ3v) is 2.72. The zero-order valence-corrected chi connectivity index (χ0v) is 10.8. The molecule has 0 saturated heterocycles. The summed E-state index contributed by atoms with van der Waals surface area (Å²) in [6.07, 6.45) is 2.27. The molecule has 0 saturated carbocycles. The fourth-order valence-corrected chi connectivity index (χ4v) is 1.84. The normalized spacial score (nSPS) is 12.2. The molecule has 0 spiro atoms. The van der Waals surface area contributed by atoms with Crippen LogP contribution < -0.4 is 11.1 Å². The van der Waals surface area contributed by atoms with Gasteiger partial charge >= 0.3 is 0 Å². The Morgan fingerprint density at radius 2 is 2.29 bits per heavy atom. The molecular weight excluding hydrogens is 236 g/mol. The van der Waals surface area contributed by atoms with Crippen molar-refractivity contribution in [2.24, 2.45) is 5.73 Å². The van der Waals surface area contributed by atoms with Crippen LogP contribution in [0.2, 0.25) is 5.02 Å². The number of carbonyl (C=O) groups is 1. The van der Waals surface area contributed by atoms with Gasteiger partial charge in [-0.05, 0) is 24.1 Å². The standard InChI is InChI=1S/C13H19ClN2O/c1-2-4-12(15)8-13(17)16-9-10-5-3-6-11(14)7-10/h3,5-7,12H,2,4,8-9,15H2,1H3,(H,16,17). The van der Waals surface area contributed by atoms with E-state index in [-0.39, 0.29) is 11.9 Å². The number of nitrogens with two attached hydrogens (primary N) is 1. The molecule has 3 N–H and O–H groups in total. The van der Waals surface area contributed by atoms with Gasteiger partial charge in [-0.25, -0.2) is 0 Å². The second kappa shape index (κ2) is 7.30. The number of amides is 1. The zero-order chi connectivity index (χ0) is 12.7. The van der Waals surface area contributed by atoms with Crippen LogP contribution in [0.15, 0.2) is 24.3 Å². The molecule has 1 atom stereocenters. The van der Waals surface area contributed by atoms with Gasteiger partial charge in [0.2, 0.25) is 5.91 Å². The third kappa shape index (κ3) is 5.71. The summed E-state index contributed by atoms with van der Waals surface area (Å²) in [5.41, 5.74) is 6.79. The summed E-state index contributed by atoms with van der Waals surface area (Å²) in [5, 5.41) is 3.52. The van der Waals surface area contributed by atoms with Crippen molar-refractivity contribution in [2.75, 3.05) is 0 Å². The molecule has 0 aliphatic carbocycles. The van der Waals surface area contributed by atoms with E-state index < -0.39 is 0 Å². The van der Waals surface area contributed by atoms with Gasteiger partial charge in [0.25, 0.3) is 0 Å². The first-order valence-corrected chi connectivity index (χ1v) is 6.26. The minimum atomic E-state index is -0.0423. The molecule has 0 bridgehead atoms. The second-order valence-electron chi connectivity index (χ2n) is 4.16. The summed E-state index contributed by atoms with van der Waals surface area (Å²) >= 11 is 5.85. The molecule has 0 fully saturated rings. The SMILES string of the molecule is CCCC(N)CC(=O)NCc1cccc(Cl)c1. The number of hydrogen-bond acceptors (Lipinski definition) is 2. The fourth-order valence-electron chi connectivity index (χ4n) is 1.63. The Balaban J connectivity index is 2.33. The maximum absolute atomic E-state index is 11.6. The number of hydrogen-bond donors (Lipinski definition) is 2. The summed E-state index contributed by atoms with van der Waals surface area (Å²) in [5.74, 6) is -0.00840. The van der Waals surface area contributed by atoms with E-state index in [2.05, 4.69) is 12.2 Å². The first-order valence-electron chi connectivity index (χ1n) is 5.88. The van der Waals surface area contributed by atoms with Crippen molar-refractivity contribution < 1.29 is 4.79 Å². The van der Waals surface area contributed by atoms with E-state index in [1.54, 1.807) is 0 Å². The molecule has 1 rings (SSSR count). The molecule has 0 aliphatic rings. The van der Waals surface area contributed by atoms with Gasteiger partial charge < -0.3 is 11.1 Å². The predicted octanol–water partition coefficient (Wildman–Crippen LogP) is 2.47. The van der Waals surface area contributed by atoms with Gasteiger partial charge in [-0.3, -0.25) is 4.79 Å². The molecule has 17 heavy (non-hydrogen) atoms. The Bertz CT molecular complexity index is 368. The zero-order valence-electron chi connectivity index (χ0n) is 10.1. The first-order chi connectivity index (χ1) is 8.11. The molecule has 0 aromatic heterocycles. The number of benzene rings is 1.